The summed E-state index contributed by atoms with van der Waals surface area (Å²) < 4.78 is 5.74. The van der Waals surface area contributed by atoms with Crippen LogP contribution in [0.15, 0.2) is 22.5 Å². The Balaban J connectivity index is 0.000000415. The third-order valence-electron chi connectivity index (χ3n) is 5.26. The van der Waals surface area contributed by atoms with Crippen molar-refractivity contribution in [2.45, 2.75) is 24.7 Å². The van der Waals surface area contributed by atoms with Gasteiger partial charge >= 0.3 is 6.09 Å². The number of carboxylic acid groups (broad SMARTS) is 1. The van der Waals surface area contributed by atoms with Gasteiger partial charge in [0.25, 0.3) is 0 Å². The van der Waals surface area contributed by atoms with Gasteiger partial charge in [-0.25, -0.2) is 4.79 Å². The van der Waals surface area contributed by atoms with Gasteiger partial charge in [-0.15, -0.1) is 0 Å². The van der Waals surface area contributed by atoms with Gasteiger partial charge in [0.15, 0.2) is 5.72 Å². The first kappa shape index (κ1) is 17.4. The number of fused-ring (bicyclic) bond motifs is 4. The minimum atomic E-state index is -1.33. The van der Waals surface area contributed by atoms with Crippen molar-refractivity contribution < 1.29 is 29.3 Å². The number of aliphatic hydroxyl groups excluding tert-OH is 1. The maximum atomic E-state index is 12.6. The zero-order chi connectivity index (χ0) is 18.7. The molecule has 3 heterocycles. The molecule has 10 nitrogen and oxygen atoms in total. The van der Waals surface area contributed by atoms with E-state index >= 15 is 0 Å². The number of carbonyl (C=O) groups excluding carboxylic acids is 2. The van der Waals surface area contributed by atoms with E-state index in [0.717, 1.165) is 0 Å². The fourth-order valence-electron chi connectivity index (χ4n) is 4.16. The van der Waals surface area contributed by atoms with E-state index in [1.54, 1.807) is 14.0 Å². The van der Waals surface area contributed by atoms with E-state index in [-0.39, 0.29) is 41.5 Å². The van der Waals surface area contributed by atoms with Crippen molar-refractivity contribution in [2.24, 2.45) is 17.4 Å². The van der Waals surface area contributed by atoms with Crippen LogP contribution in [0.1, 0.15) is 6.92 Å². The molecule has 0 spiro atoms. The second-order valence-electron chi connectivity index (χ2n) is 6.35. The molecule has 7 N–H and O–H groups in total. The first-order valence-corrected chi connectivity index (χ1v) is 7.70. The average Bonchev–Trinajstić information content (AvgIpc) is 3.16. The second-order valence-corrected chi connectivity index (χ2v) is 6.35. The molecule has 0 aromatic carbocycles. The molecule has 1 amide bonds. The van der Waals surface area contributed by atoms with E-state index in [4.69, 9.17) is 20.4 Å². The maximum Gasteiger partial charge on any atom is 0.402 e. The van der Waals surface area contributed by atoms with Crippen LogP contribution in [0.4, 0.5) is 4.79 Å². The summed E-state index contributed by atoms with van der Waals surface area (Å²) in [6.45, 7) is 1.90. The molecule has 4 rings (SSSR count). The largest absolute Gasteiger partial charge is 0.465 e. The zero-order valence-electron chi connectivity index (χ0n) is 13.8. The summed E-state index contributed by atoms with van der Waals surface area (Å²) in [5, 5.41) is 20.3. The lowest BCUT2D eigenvalue weighted by molar-refractivity contribution is -0.137. The molecule has 0 saturated carbocycles. The summed E-state index contributed by atoms with van der Waals surface area (Å²) in [4.78, 5) is 35.8. The van der Waals surface area contributed by atoms with Gasteiger partial charge in [-0.05, 0) is 6.92 Å². The Kier molecular flexibility index (Phi) is 3.86. The summed E-state index contributed by atoms with van der Waals surface area (Å²) >= 11 is 0. The smallest absolute Gasteiger partial charge is 0.402 e. The first-order valence-electron chi connectivity index (χ1n) is 7.70. The number of methoxy groups -OCH3 is 1. The molecule has 10 heteroatoms. The molecular formula is C15H20N4O6. The quantitative estimate of drug-likeness (QED) is 0.274. The van der Waals surface area contributed by atoms with Crippen molar-refractivity contribution in [3.63, 3.8) is 0 Å². The number of aliphatic hydroxyl groups is 1. The number of rotatable bonds is 2. The third kappa shape index (κ3) is 2.11. The molecule has 2 fully saturated rings. The fraction of sp³-hybridized carbons (Fsp3) is 0.533. The maximum absolute atomic E-state index is 12.6. The number of primary amides is 1. The van der Waals surface area contributed by atoms with E-state index in [1.807, 2.05) is 4.90 Å². The van der Waals surface area contributed by atoms with Crippen LogP contribution in [-0.2, 0) is 14.3 Å². The van der Waals surface area contributed by atoms with E-state index in [9.17, 15) is 14.7 Å². The minimum absolute atomic E-state index is 0.0207. The molecule has 4 atom stereocenters. The average molecular weight is 352 g/mol. The van der Waals surface area contributed by atoms with E-state index in [0.29, 0.717) is 17.8 Å². The topological polar surface area (TPSA) is 178 Å². The van der Waals surface area contributed by atoms with Gasteiger partial charge in [0, 0.05) is 30.8 Å². The van der Waals surface area contributed by atoms with Crippen LogP contribution in [0.25, 0.3) is 0 Å². The van der Waals surface area contributed by atoms with Gasteiger partial charge in [0.05, 0.1) is 30.0 Å². The van der Waals surface area contributed by atoms with Crippen molar-refractivity contribution in [1.82, 2.24) is 10.2 Å². The van der Waals surface area contributed by atoms with Gasteiger partial charge in [-0.2, -0.15) is 0 Å². The molecule has 4 aliphatic rings. The summed E-state index contributed by atoms with van der Waals surface area (Å²) in [5.74, 6) is -1.16. The summed E-state index contributed by atoms with van der Waals surface area (Å²) in [7, 11) is 1.55. The SMILES string of the molecule is COC12C(CO)C3=C(C(=O)C(C)=C(N)C3=O)N1CC1NC12.NC(=O)O. The highest BCUT2D eigenvalue weighted by Crippen LogP contribution is 2.55. The molecule has 0 aromatic heterocycles. The highest BCUT2D eigenvalue weighted by molar-refractivity contribution is 6.25. The molecule has 0 radical (unpaired) electrons. The molecular weight excluding hydrogens is 332 g/mol. The monoisotopic (exact) mass is 352 g/mol. The van der Waals surface area contributed by atoms with Crippen molar-refractivity contribution >= 4 is 17.7 Å². The second kappa shape index (κ2) is 5.55. The van der Waals surface area contributed by atoms with Crippen LogP contribution in [-0.4, -0.2) is 70.8 Å². The Morgan fingerprint density at radius 1 is 1.44 bits per heavy atom. The molecule has 0 bridgehead atoms. The number of carbonyl (C=O) groups is 3. The highest BCUT2D eigenvalue weighted by Gasteiger charge is 2.72. The van der Waals surface area contributed by atoms with Gasteiger partial charge < -0.3 is 36.6 Å². The zero-order valence-corrected chi connectivity index (χ0v) is 13.8. The van der Waals surface area contributed by atoms with Gasteiger partial charge in [-0.3, -0.25) is 9.59 Å². The number of nitrogens with one attached hydrogen (secondary N) is 1. The summed E-state index contributed by atoms with van der Waals surface area (Å²) in [6.07, 6.45) is -1.33. The van der Waals surface area contributed by atoms with Crippen LogP contribution in [0.3, 0.4) is 0 Å². The Labute approximate surface area is 143 Å². The van der Waals surface area contributed by atoms with E-state index in [2.05, 4.69) is 11.1 Å². The lowest BCUT2D eigenvalue weighted by Crippen LogP contribution is -2.54. The van der Waals surface area contributed by atoms with Gasteiger partial charge in [-0.1, -0.05) is 0 Å². The fourth-order valence-corrected chi connectivity index (χ4v) is 4.16. The lowest BCUT2D eigenvalue weighted by Gasteiger charge is -2.39. The molecule has 136 valence electrons. The predicted octanol–water partition coefficient (Wildman–Crippen LogP) is -2.13. The number of hydrogen-bond acceptors (Lipinski definition) is 8. The highest BCUT2D eigenvalue weighted by atomic mass is 16.5. The Bertz CT molecular complexity index is 714. The van der Waals surface area contributed by atoms with Crippen LogP contribution < -0.4 is 16.8 Å². The van der Waals surface area contributed by atoms with Gasteiger partial charge in [0.1, 0.15) is 0 Å². The number of hydrogen-bond donors (Lipinski definition) is 5. The summed E-state index contributed by atoms with van der Waals surface area (Å²) in [6, 6.07) is 0.256. The Hall–Kier alpha value is -2.43. The molecule has 2 saturated heterocycles. The molecule has 1 aliphatic carbocycles. The standard InChI is InChI=1S/C14H17N3O4.CH3NO2/c1-5-9(15)12(20)8-6(4-18)14(21-2)13-7(16-13)3-17(14)10(8)11(5)19;2-1(3)4/h6-7,13,16,18H,3-4,15H2,1-2H3;2H2,(H,3,4). The Morgan fingerprint density at radius 3 is 2.56 bits per heavy atom. The van der Waals surface area contributed by atoms with Crippen molar-refractivity contribution in [3.8, 4) is 0 Å². The van der Waals surface area contributed by atoms with Crippen molar-refractivity contribution in [3.05, 3.63) is 22.5 Å². The van der Waals surface area contributed by atoms with Gasteiger partial charge in [0.2, 0.25) is 11.6 Å². The predicted molar refractivity (Wildman–Crippen MR) is 83.9 cm³/mol. The Morgan fingerprint density at radius 2 is 2.04 bits per heavy atom. The van der Waals surface area contributed by atoms with Crippen LogP contribution in [0, 0.1) is 5.92 Å². The molecule has 0 aromatic rings. The van der Waals surface area contributed by atoms with Crippen molar-refractivity contribution in [1.29, 1.82) is 0 Å². The number of allylic oxidation sites excluding steroid dienone is 2. The minimum Gasteiger partial charge on any atom is -0.465 e. The van der Waals surface area contributed by atoms with Crippen LogP contribution >= 0.6 is 0 Å². The van der Waals surface area contributed by atoms with Crippen LogP contribution in [0.2, 0.25) is 0 Å². The number of nitrogens with two attached hydrogens (primary N) is 2. The number of ether oxygens (including phenoxy) is 1. The van der Waals surface area contributed by atoms with E-state index in [1.165, 1.54) is 0 Å². The molecule has 25 heavy (non-hydrogen) atoms. The third-order valence-corrected chi connectivity index (χ3v) is 5.26. The lowest BCUT2D eigenvalue weighted by atomic mass is 9.82. The van der Waals surface area contributed by atoms with Crippen molar-refractivity contribution in [2.75, 3.05) is 20.3 Å². The molecule has 3 aliphatic heterocycles. The van der Waals surface area contributed by atoms with E-state index < -0.39 is 17.7 Å². The van der Waals surface area contributed by atoms with Crippen LogP contribution in [0.5, 0.6) is 0 Å². The number of amides is 1. The summed E-state index contributed by atoms with van der Waals surface area (Å²) in [5.41, 5.74) is 9.87. The normalized spacial score (nSPS) is 35.2. The number of nitrogens with zero attached hydrogens (tertiary/aromatic N) is 1. The number of Topliss-reactive ketones (excluding diaryl/α,β-unsaturated/α-hetero) is 2. The molecule has 4 unspecified atom stereocenters. The first-order chi connectivity index (χ1) is 11.7. The number of ketones is 2. The number of piperazine rings is 1.